The molecule has 3 rings (SSSR count). The van der Waals surface area contributed by atoms with Gasteiger partial charge in [0, 0.05) is 18.0 Å². The van der Waals surface area contributed by atoms with Gasteiger partial charge in [0.25, 0.3) is 5.91 Å². The maximum Gasteiger partial charge on any atom is 0.573 e. The number of carbonyl (C=O) groups is 2. The lowest BCUT2D eigenvalue weighted by Gasteiger charge is -2.28. The van der Waals surface area contributed by atoms with Crippen molar-refractivity contribution >= 4 is 29.2 Å². The number of halogens is 5. The SMILES string of the molecule is O=C(COc1ccc(Cl)c(F)c1)NC1CCC(C(=O)Nc2ccc(OC(F)(F)F)cn2)CC1. The molecule has 1 aromatic heterocycles. The first-order valence-electron chi connectivity index (χ1n) is 9.99. The van der Waals surface area contributed by atoms with E-state index in [4.69, 9.17) is 16.3 Å². The van der Waals surface area contributed by atoms with E-state index in [0.29, 0.717) is 25.7 Å². The van der Waals surface area contributed by atoms with Crippen molar-refractivity contribution in [1.29, 1.82) is 0 Å². The highest BCUT2D eigenvalue weighted by Gasteiger charge is 2.31. The minimum atomic E-state index is -4.82. The van der Waals surface area contributed by atoms with Crippen LogP contribution < -0.4 is 20.1 Å². The topological polar surface area (TPSA) is 89.5 Å². The summed E-state index contributed by atoms with van der Waals surface area (Å²) in [5.74, 6) is -1.83. The average molecular weight is 490 g/mol. The molecule has 0 bridgehead atoms. The largest absolute Gasteiger partial charge is 0.573 e. The van der Waals surface area contributed by atoms with Gasteiger partial charge in [-0.25, -0.2) is 9.37 Å². The Labute approximate surface area is 191 Å². The average Bonchev–Trinajstić information content (AvgIpc) is 2.75. The molecule has 1 aliphatic rings. The Morgan fingerprint density at radius 2 is 1.79 bits per heavy atom. The number of amides is 2. The Bertz CT molecular complexity index is 980. The van der Waals surface area contributed by atoms with Crippen LogP contribution in [0, 0.1) is 11.7 Å². The first-order chi connectivity index (χ1) is 15.6. The summed E-state index contributed by atoms with van der Waals surface area (Å²) in [5.41, 5.74) is 0. The van der Waals surface area contributed by atoms with Gasteiger partial charge in [-0.1, -0.05) is 11.6 Å². The summed E-state index contributed by atoms with van der Waals surface area (Å²) >= 11 is 5.59. The number of alkyl halides is 3. The smallest absolute Gasteiger partial charge is 0.484 e. The molecular weight excluding hydrogens is 470 g/mol. The van der Waals surface area contributed by atoms with Gasteiger partial charge in [-0.2, -0.15) is 0 Å². The van der Waals surface area contributed by atoms with Crippen LogP contribution >= 0.6 is 11.6 Å². The van der Waals surface area contributed by atoms with Gasteiger partial charge in [0.05, 0.1) is 11.2 Å². The third-order valence-corrected chi connectivity index (χ3v) is 5.25. The second-order valence-corrected chi connectivity index (χ2v) is 7.80. The Hall–Kier alpha value is -3.08. The van der Waals surface area contributed by atoms with E-state index in [1.165, 1.54) is 18.2 Å². The maximum absolute atomic E-state index is 13.4. The molecule has 7 nitrogen and oxygen atoms in total. The van der Waals surface area contributed by atoms with Crippen LogP contribution in [0.4, 0.5) is 23.4 Å². The van der Waals surface area contributed by atoms with Gasteiger partial charge >= 0.3 is 6.36 Å². The lowest BCUT2D eigenvalue weighted by molar-refractivity contribution is -0.274. The molecule has 12 heteroatoms. The van der Waals surface area contributed by atoms with Crippen molar-refractivity contribution in [1.82, 2.24) is 10.3 Å². The van der Waals surface area contributed by atoms with Crippen LogP contribution in [0.3, 0.4) is 0 Å². The van der Waals surface area contributed by atoms with Gasteiger partial charge < -0.3 is 20.1 Å². The summed E-state index contributed by atoms with van der Waals surface area (Å²) in [6, 6.07) is 6.01. The van der Waals surface area contributed by atoms with Crippen molar-refractivity contribution < 1.29 is 36.6 Å². The number of carbonyl (C=O) groups excluding carboxylic acids is 2. The molecule has 0 saturated heterocycles. The number of aromatic nitrogens is 1. The normalized spacial score (nSPS) is 18.3. The van der Waals surface area contributed by atoms with Crippen LogP contribution in [0.25, 0.3) is 0 Å². The number of pyridine rings is 1. The van der Waals surface area contributed by atoms with E-state index in [1.54, 1.807) is 0 Å². The fraction of sp³-hybridized carbons (Fsp3) is 0.381. The molecule has 33 heavy (non-hydrogen) atoms. The van der Waals surface area contributed by atoms with Crippen molar-refractivity contribution in [2.24, 2.45) is 5.92 Å². The standard InChI is InChI=1S/C21H20ClF4N3O4/c22-16-7-5-14(9-17(16)23)32-11-19(30)28-13-3-1-12(2-4-13)20(31)29-18-8-6-15(10-27-18)33-21(24,25)26/h5-10,12-13H,1-4,11H2,(H,28,30)(H,27,29,31). The number of nitrogens with one attached hydrogen (secondary N) is 2. The zero-order valence-electron chi connectivity index (χ0n) is 17.1. The lowest BCUT2D eigenvalue weighted by atomic mass is 9.85. The summed E-state index contributed by atoms with van der Waals surface area (Å²) in [7, 11) is 0. The van der Waals surface area contributed by atoms with Crippen molar-refractivity contribution in [3.8, 4) is 11.5 Å². The summed E-state index contributed by atoms with van der Waals surface area (Å²) < 4.78 is 58.9. The van der Waals surface area contributed by atoms with Gasteiger partial charge in [0.2, 0.25) is 5.91 Å². The predicted octanol–water partition coefficient (Wildman–Crippen LogP) is 4.47. The summed E-state index contributed by atoms with van der Waals surface area (Å²) in [4.78, 5) is 28.2. The molecular formula is C21H20ClF4N3O4. The molecule has 1 aromatic carbocycles. The molecule has 0 aliphatic heterocycles. The van der Waals surface area contributed by atoms with E-state index in [-0.39, 0.29) is 47.0 Å². The number of rotatable bonds is 7. The minimum absolute atomic E-state index is 0.0455. The zero-order chi connectivity index (χ0) is 24.0. The quantitative estimate of drug-likeness (QED) is 0.560. The molecule has 2 amide bonds. The van der Waals surface area contributed by atoms with Gasteiger partial charge in [0.1, 0.15) is 23.1 Å². The number of anilines is 1. The molecule has 0 unspecified atom stereocenters. The minimum Gasteiger partial charge on any atom is -0.484 e. The molecule has 1 saturated carbocycles. The fourth-order valence-electron chi connectivity index (χ4n) is 3.36. The highest BCUT2D eigenvalue weighted by Crippen LogP contribution is 2.27. The van der Waals surface area contributed by atoms with Crippen molar-refractivity contribution in [3.63, 3.8) is 0 Å². The van der Waals surface area contributed by atoms with Crippen LogP contribution in [-0.2, 0) is 9.59 Å². The highest BCUT2D eigenvalue weighted by atomic mass is 35.5. The van der Waals surface area contributed by atoms with E-state index in [9.17, 15) is 27.2 Å². The van der Waals surface area contributed by atoms with E-state index in [1.807, 2.05) is 0 Å². The van der Waals surface area contributed by atoms with Crippen LogP contribution in [0.15, 0.2) is 36.5 Å². The monoisotopic (exact) mass is 489 g/mol. The second-order valence-electron chi connectivity index (χ2n) is 7.40. The van der Waals surface area contributed by atoms with Crippen LogP contribution in [0.5, 0.6) is 11.5 Å². The van der Waals surface area contributed by atoms with Crippen molar-refractivity contribution in [2.75, 3.05) is 11.9 Å². The molecule has 1 fully saturated rings. The molecule has 0 radical (unpaired) electrons. The maximum atomic E-state index is 13.4. The summed E-state index contributed by atoms with van der Waals surface area (Å²) in [6.45, 7) is -0.290. The number of benzene rings is 1. The van der Waals surface area contributed by atoms with Crippen molar-refractivity contribution in [2.45, 2.75) is 38.1 Å². The van der Waals surface area contributed by atoms with E-state index >= 15 is 0 Å². The molecule has 178 valence electrons. The molecule has 0 atom stereocenters. The van der Waals surface area contributed by atoms with Crippen LogP contribution in [0.1, 0.15) is 25.7 Å². The third-order valence-electron chi connectivity index (χ3n) is 4.95. The molecule has 2 N–H and O–H groups in total. The Balaban J connectivity index is 1.39. The van der Waals surface area contributed by atoms with E-state index in [2.05, 4.69) is 20.4 Å². The highest BCUT2D eigenvalue weighted by molar-refractivity contribution is 6.30. The van der Waals surface area contributed by atoms with Gasteiger partial charge in [-0.05, 0) is 49.9 Å². The number of nitrogens with zero attached hydrogens (tertiary/aromatic N) is 1. The van der Waals surface area contributed by atoms with Crippen molar-refractivity contribution in [3.05, 3.63) is 47.4 Å². The Morgan fingerprint density at radius 1 is 1.09 bits per heavy atom. The number of hydrogen-bond acceptors (Lipinski definition) is 5. The Kier molecular flexibility index (Phi) is 7.96. The molecule has 1 aliphatic carbocycles. The van der Waals surface area contributed by atoms with Gasteiger partial charge in [0.15, 0.2) is 6.61 Å². The first-order valence-corrected chi connectivity index (χ1v) is 10.4. The zero-order valence-corrected chi connectivity index (χ0v) is 17.9. The van der Waals surface area contributed by atoms with Gasteiger partial charge in [-0.15, -0.1) is 13.2 Å². The van der Waals surface area contributed by atoms with E-state index in [0.717, 1.165) is 18.3 Å². The van der Waals surface area contributed by atoms with E-state index < -0.39 is 17.9 Å². The first kappa shape index (κ1) is 24.6. The summed E-state index contributed by atoms with van der Waals surface area (Å²) in [6.07, 6.45) is -1.81. The third kappa shape index (κ3) is 7.77. The lowest BCUT2D eigenvalue weighted by Crippen LogP contribution is -2.41. The van der Waals surface area contributed by atoms with Gasteiger partial charge in [-0.3, -0.25) is 9.59 Å². The van der Waals surface area contributed by atoms with Crippen LogP contribution in [-0.4, -0.2) is 35.8 Å². The number of ether oxygens (including phenoxy) is 2. The molecule has 2 aromatic rings. The fourth-order valence-corrected chi connectivity index (χ4v) is 3.48. The van der Waals surface area contributed by atoms with Crippen LogP contribution in [0.2, 0.25) is 5.02 Å². The second kappa shape index (κ2) is 10.7. The summed E-state index contributed by atoms with van der Waals surface area (Å²) in [5, 5.41) is 5.34. The number of hydrogen-bond donors (Lipinski definition) is 2. The Morgan fingerprint density at radius 3 is 2.39 bits per heavy atom. The molecule has 1 heterocycles. The molecule has 0 spiro atoms. The predicted molar refractivity (Wildman–Crippen MR) is 110 cm³/mol.